The first-order valence-electron chi connectivity index (χ1n) is 9.91. The van der Waals surface area contributed by atoms with Crippen molar-refractivity contribution in [2.24, 2.45) is 0 Å². The summed E-state index contributed by atoms with van der Waals surface area (Å²) in [7, 11) is 0. The van der Waals surface area contributed by atoms with Crippen LogP contribution in [0.15, 0.2) is 59.4 Å². The molecule has 0 bridgehead atoms. The number of carbonyl (C=O) groups is 2. The molecular weight excluding hydrogens is 384 g/mol. The molecule has 2 atom stereocenters. The number of imidazole rings is 1. The molecule has 9 heteroatoms. The number of aromatic nitrogens is 2. The van der Waals surface area contributed by atoms with Gasteiger partial charge in [-0.15, -0.1) is 0 Å². The van der Waals surface area contributed by atoms with Crippen LogP contribution in [0.5, 0.6) is 0 Å². The van der Waals surface area contributed by atoms with E-state index in [1.54, 1.807) is 10.6 Å². The lowest BCUT2D eigenvalue weighted by molar-refractivity contribution is -0.130. The lowest BCUT2D eigenvalue weighted by Crippen LogP contribution is -2.51. The van der Waals surface area contributed by atoms with Gasteiger partial charge < -0.3 is 0 Å². The number of benzene rings is 2. The standard InChI is InChI=1S/C21H24N6O3/c1-2-26-17-10-6-7-11-18(17)27(21(26)30)13-19(28)24-25-20(29)16-12-15(22-23-16)14-8-4-3-5-9-14/h3-11,15-16,22-23H,2,12-13H2,1H3,(H,24,28)(H,25,29). The van der Waals surface area contributed by atoms with Crippen LogP contribution in [0.3, 0.4) is 0 Å². The number of hydrogen-bond acceptors (Lipinski definition) is 5. The third kappa shape index (κ3) is 3.85. The van der Waals surface area contributed by atoms with Gasteiger partial charge in [0, 0.05) is 12.6 Å². The van der Waals surface area contributed by atoms with Crippen LogP contribution in [0.25, 0.3) is 11.0 Å². The zero-order valence-corrected chi connectivity index (χ0v) is 16.6. The van der Waals surface area contributed by atoms with E-state index in [4.69, 9.17) is 0 Å². The Bertz CT molecular complexity index is 1120. The molecule has 2 unspecified atom stereocenters. The first-order chi connectivity index (χ1) is 14.6. The van der Waals surface area contributed by atoms with Gasteiger partial charge in [0.1, 0.15) is 12.6 Å². The minimum Gasteiger partial charge on any atom is -0.292 e. The summed E-state index contributed by atoms with van der Waals surface area (Å²) in [6.45, 7) is 2.20. The van der Waals surface area contributed by atoms with Crippen LogP contribution in [-0.4, -0.2) is 27.0 Å². The van der Waals surface area contributed by atoms with E-state index in [0.717, 1.165) is 11.1 Å². The van der Waals surface area contributed by atoms with Crippen molar-refractivity contribution in [2.45, 2.75) is 38.5 Å². The van der Waals surface area contributed by atoms with E-state index in [1.165, 1.54) is 4.57 Å². The molecule has 1 aromatic heterocycles. The number of hydrazine groups is 2. The number of rotatable bonds is 5. The van der Waals surface area contributed by atoms with Gasteiger partial charge in [-0.2, -0.15) is 0 Å². The van der Waals surface area contributed by atoms with E-state index >= 15 is 0 Å². The molecule has 1 saturated heterocycles. The van der Waals surface area contributed by atoms with Crippen molar-refractivity contribution >= 4 is 22.8 Å². The summed E-state index contributed by atoms with van der Waals surface area (Å²) in [5.74, 6) is -0.826. The number of aryl methyl sites for hydroxylation is 1. The Labute approximate surface area is 173 Å². The average Bonchev–Trinajstić information content (AvgIpc) is 3.37. The van der Waals surface area contributed by atoms with Crippen molar-refractivity contribution in [3.8, 4) is 0 Å². The summed E-state index contributed by atoms with van der Waals surface area (Å²) in [6, 6.07) is 16.7. The van der Waals surface area contributed by atoms with Gasteiger partial charge >= 0.3 is 5.69 Å². The molecule has 156 valence electrons. The Morgan fingerprint density at radius 1 is 0.967 bits per heavy atom. The first-order valence-corrected chi connectivity index (χ1v) is 9.91. The Balaban J connectivity index is 1.36. The number of nitrogens with one attached hydrogen (secondary N) is 4. The van der Waals surface area contributed by atoms with E-state index in [-0.39, 0.29) is 24.2 Å². The lowest BCUT2D eigenvalue weighted by Gasteiger charge is -2.12. The summed E-state index contributed by atoms with van der Waals surface area (Å²) >= 11 is 0. The maximum absolute atomic E-state index is 12.6. The van der Waals surface area contributed by atoms with Crippen LogP contribution in [0.2, 0.25) is 0 Å². The second-order valence-electron chi connectivity index (χ2n) is 7.18. The number of carbonyl (C=O) groups excluding carboxylic acids is 2. The molecule has 1 aliphatic rings. The maximum Gasteiger partial charge on any atom is 0.329 e. The molecule has 4 rings (SSSR count). The molecule has 30 heavy (non-hydrogen) atoms. The minimum atomic E-state index is -0.486. The van der Waals surface area contributed by atoms with Crippen molar-refractivity contribution in [2.75, 3.05) is 0 Å². The van der Waals surface area contributed by atoms with Gasteiger partial charge in [-0.25, -0.2) is 15.6 Å². The Hall–Kier alpha value is -3.43. The quantitative estimate of drug-likeness (QED) is 0.462. The van der Waals surface area contributed by atoms with Crippen LogP contribution in [0.1, 0.15) is 24.9 Å². The molecule has 0 saturated carbocycles. The van der Waals surface area contributed by atoms with E-state index in [0.29, 0.717) is 18.5 Å². The highest BCUT2D eigenvalue weighted by Gasteiger charge is 2.30. The maximum atomic E-state index is 12.6. The van der Waals surface area contributed by atoms with E-state index in [1.807, 2.05) is 55.5 Å². The van der Waals surface area contributed by atoms with Gasteiger partial charge in [0.2, 0.25) is 0 Å². The van der Waals surface area contributed by atoms with E-state index < -0.39 is 11.9 Å². The van der Waals surface area contributed by atoms with Gasteiger partial charge in [-0.1, -0.05) is 42.5 Å². The molecule has 4 N–H and O–H groups in total. The highest BCUT2D eigenvalue weighted by atomic mass is 16.2. The Morgan fingerprint density at radius 3 is 2.33 bits per heavy atom. The fraction of sp³-hybridized carbons (Fsp3) is 0.286. The molecule has 2 aromatic carbocycles. The molecule has 0 radical (unpaired) electrons. The minimum absolute atomic E-state index is 0.0106. The lowest BCUT2D eigenvalue weighted by atomic mass is 10.0. The fourth-order valence-corrected chi connectivity index (χ4v) is 3.76. The normalized spacial score (nSPS) is 18.4. The van der Waals surface area contributed by atoms with Crippen LogP contribution in [0.4, 0.5) is 0 Å². The molecule has 1 aliphatic heterocycles. The highest BCUT2D eigenvalue weighted by molar-refractivity contribution is 5.86. The highest BCUT2D eigenvalue weighted by Crippen LogP contribution is 2.21. The van der Waals surface area contributed by atoms with E-state index in [2.05, 4.69) is 21.7 Å². The second kappa shape index (κ2) is 8.52. The van der Waals surface area contributed by atoms with Gasteiger partial charge in [0.05, 0.1) is 11.0 Å². The molecule has 3 aromatic rings. The summed E-state index contributed by atoms with van der Waals surface area (Å²) in [6.07, 6.45) is 0.551. The van der Waals surface area contributed by atoms with Crippen LogP contribution in [-0.2, 0) is 22.7 Å². The molecule has 0 spiro atoms. The smallest absolute Gasteiger partial charge is 0.292 e. The Kier molecular flexibility index (Phi) is 5.64. The third-order valence-corrected chi connectivity index (χ3v) is 5.29. The zero-order chi connectivity index (χ0) is 21.1. The zero-order valence-electron chi connectivity index (χ0n) is 16.6. The van der Waals surface area contributed by atoms with E-state index in [9.17, 15) is 14.4 Å². The second-order valence-corrected chi connectivity index (χ2v) is 7.18. The fourth-order valence-electron chi connectivity index (χ4n) is 3.76. The van der Waals surface area contributed by atoms with Gasteiger partial charge in [-0.05, 0) is 31.0 Å². The molecule has 2 amide bonds. The van der Waals surface area contributed by atoms with Gasteiger partial charge in [0.25, 0.3) is 11.8 Å². The van der Waals surface area contributed by atoms with Gasteiger partial charge in [-0.3, -0.25) is 29.6 Å². The summed E-state index contributed by atoms with van der Waals surface area (Å²) in [5, 5.41) is 0. The summed E-state index contributed by atoms with van der Waals surface area (Å²) in [5.41, 5.74) is 13.2. The topological polar surface area (TPSA) is 109 Å². The Morgan fingerprint density at radius 2 is 1.63 bits per heavy atom. The third-order valence-electron chi connectivity index (χ3n) is 5.29. The number of hydrogen-bond donors (Lipinski definition) is 4. The van der Waals surface area contributed by atoms with Crippen LogP contribution < -0.4 is 27.4 Å². The number of amides is 2. The number of fused-ring (bicyclic) bond motifs is 1. The number of nitrogens with zero attached hydrogens (tertiary/aromatic N) is 2. The predicted molar refractivity (Wildman–Crippen MR) is 112 cm³/mol. The molecule has 0 aliphatic carbocycles. The van der Waals surface area contributed by atoms with Crippen LogP contribution in [0, 0.1) is 0 Å². The van der Waals surface area contributed by atoms with Crippen molar-refractivity contribution in [3.63, 3.8) is 0 Å². The summed E-state index contributed by atoms with van der Waals surface area (Å²) < 4.78 is 3.01. The van der Waals surface area contributed by atoms with Crippen molar-refractivity contribution < 1.29 is 9.59 Å². The largest absolute Gasteiger partial charge is 0.329 e. The predicted octanol–water partition coefficient (Wildman–Crippen LogP) is 0.578. The molecular formula is C21H24N6O3. The van der Waals surface area contributed by atoms with Gasteiger partial charge in [0.15, 0.2) is 0 Å². The first kappa shape index (κ1) is 19.9. The SMILES string of the molecule is CCn1c(=O)n(CC(=O)NNC(=O)C2CC(c3ccccc3)NN2)c2ccccc21. The summed E-state index contributed by atoms with van der Waals surface area (Å²) in [4.78, 5) is 37.4. The monoisotopic (exact) mass is 408 g/mol. The average molecular weight is 408 g/mol. The molecule has 2 heterocycles. The number of para-hydroxylation sites is 2. The van der Waals surface area contributed by atoms with Crippen molar-refractivity contribution in [3.05, 3.63) is 70.6 Å². The van der Waals surface area contributed by atoms with Crippen LogP contribution >= 0.6 is 0 Å². The van der Waals surface area contributed by atoms with Crippen molar-refractivity contribution in [1.29, 1.82) is 0 Å². The molecule has 9 nitrogen and oxygen atoms in total. The van der Waals surface area contributed by atoms with Crippen molar-refractivity contribution in [1.82, 2.24) is 30.8 Å². The molecule has 1 fully saturated rings.